The van der Waals surface area contributed by atoms with Crippen LogP contribution < -0.4 is 0 Å². The van der Waals surface area contributed by atoms with E-state index in [1.807, 2.05) is 43.3 Å². The highest BCUT2D eigenvalue weighted by molar-refractivity contribution is 6.30. The van der Waals surface area contributed by atoms with Gasteiger partial charge in [0.2, 0.25) is 0 Å². The number of rotatable bonds is 7. The predicted molar refractivity (Wildman–Crippen MR) is 107 cm³/mol. The average Bonchev–Trinajstić information content (AvgIpc) is 2.93. The molecule has 6 heteroatoms. The summed E-state index contributed by atoms with van der Waals surface area (Å²) in [6, 6.07) is 11.7. The molecule has 0 radical (unpaired) electrons. The topological polar surface area (TPSA) is 57.0 Å². The number of carbonyl (C=O) groups excluding carboxylic acids is 1. The zero-order valence-corrected chi connectivity index (χ0v) is 16.7. The first-order valence-electron chi connectivity index (χ1n) is 9.08. The quantitative estimate of drug-likeness (QED) is 0.555. The summed E-state index contributed by atoms with van der Waals surface area (Å²) in [5, 5.41) is 0.715. The van der Waals surface area contributed by atoms with Crippen molar-refractivity contribution in [2.24, 2.45) is 5.41 Å². The minimum Gasteiger partial charge on any atom is -0.466 e. The third-order valence-electron chi connectivity index (χ3n) is 4.42. The largest absolute Gasteiger partial charge is 0.466 e. The molecular weight excluding hydrogens is 362 g/mol. The lowest BCUT2D eigenvalue weighted by Gasteiger charge is -2.23. The van der Waals surface area contributed by atoms with Crippen LogP contribution in [0, 0.1) is 5.41 Å². The van der Waals surface area contributed by atoms with Crippen LogP contribution in [0.5, 0.6) is 0 Å². The van der Waals surface area contributed by atoms with Crippen LogP contribution >= 0.6 is 11.6 Å². The predicted octanol–water partition coefficient (Wildman–Crippen LogP) is 4.65. The van der Waals surface area contributed by atoms with Crippen molar-refractivity contribution in [3.8, 4) is 0 Å². The van der Waals surface area contributed by atoms with Crippen molar-refractivity contribution in [2.75, 3.05) is 6.61 Å². The Morgan fingerprint density at radius 1 is 1.22 bits per heavy atom. The summed E-state index contributed by atoms with van der Waals surface area (Å²) in [6.45, 7) is 7.01. The smallest absolute Gasteiger partial charge is 0.306 e. The summed E-state index contributed by atoms with van der Waals surface area (Å²) in [5.41, 5.74) is 2.56. The van der Waals surface area contributed by atoms with Crippen molar-refractivity contribution in [2.45, 2.75) is 40.2 Å². The fourth-order valence-corrected chi connectivity index (χ4v) is 3.31. The fraction of sp³-hybridized carbons (Fsp3) is 0.381. The minimum absolute atomic E-state index is 0.180. The Bertz CT molecular complexity index is 932. The maximum absolute atomic E-state index is 12.0. The van der Waals surface area contributed by atoms with Gasteiger partial charge in [-0.2, -0.15) is 0 Å². The number of imidazole rings is 1. The van der Waals surface area contributed by atoms with Crippen LogP contribution in [0.3, 0.4) is 0 Å². The summed E-state index contributed by atoms with van der Waals surface area (Å²) < 4.78 is 7.29. The standard InChI is InChI=1S/C21H24ClN3O2/c1-4-27-19(26)13-21(2,3)12-18-24-20-17(6-5-11-23-20)25(18)14-15-7-9-16(22)10-8-15/h5-11H,4,12-14H2,1-3H3. The molecule has 0 fully saturated rings. The number of halogens is 1. The van der Waals surface area contributed by atoms with Gasteiger partial charge >= 0.3 is 5.97 Å². The first kappa shape index (κ1) is 19.4. The first-order chi connectivity index (χ1) is 12.9. The summed E-state index contributed by atoms with van der Waals surface area (Å²) in [6.07, 6.45) is 2.74. The molecule has 142 valence electrons. The van der Waals surface area contributed by atoms with Crippen LogP contribution in [0.4, 0.5) is 0 Å². The molecule has 0 aliphatic heterocycles. The summed E-state index contributed by atoms with van der Waals surface area (Å²) in [7, 11) is 0. The van der Waals surface area contributed by atoms with Crippen molar-refractivity contribution in [1.82, 2.24) is 14.5 Å². The molecule has 1 aromatic carbocycles. The molecule has 0 atom stereocenters. The molecule has 0 aliphatic carbocycles. The van der Waals surface area contributed by atoms with Crippen molar-refractivity contribution in [1.29, 1.82) is 0 Å². The van der Waals surface area contributed by atoms with Crippen LogP contribution in [0.2, 0.25) is 5.02 Å². The molecule has 2 aromatic heterocycles. The number of hydrogen-bond donors (Lipinski definition) is 0. The van der Waals surface area contributed by atoms with Crippen molar-refractivity contribution >= 4 is 28.7 Å². The Morgan fingerprint density at radius 2 is 1.96 bits per heavy atom. The monoisotopic (exact) mass is 385 g/mol. The highest BCUT2D eigenvalue weighted by atomic mass is 35.5. The van der Waals surface area contributed by atoms with Crippen LogP contribution in [0.15, 0.2) is 42.6 Å². The third kappa shape index (κ3) is 4.86. The fourth-order valence-electron chi connectivity index (χ4n) is 3.18. The molecule has 0 amide bonds. The lowest BCUT2D eigenvalue weighted by atomic mass is 9.85. The Balaban J connectivity index is 1.92. The molecule has 27 heavy (non-hydrogen) atoms. The van der Waals surface area contributed by atoms with Crippen LogP contribution in [0.25, 0.3) is 11.2 Å². The van der Waals surface area contributed by atoms with Gasteiger partial charge in [0.1, 0.15) is 5.82 Å². The summed E-state index contributed by atoms with van der Waals surface area (Å²) in [4.78, 5) is 21.1. The van der Waals surface area contributed by atoms with E-state index in [4.69, 9.17) is 21.3 Å². The van der Waals surface area contributed by atoms with Crippen molar-refractivity contribution in [3.05, 3.63) is 59.0 Å². The molecule has 3 aromatic rings. The second-order valence-corrected chi connectivity index (χ2v) is 7.85. The van der Waals surface area contributed by atoms with Gasteiger partial charge in [0.25, 0.3) is 0 Å². The van der Waals surface area contributed by atoms with E-state index in [-0.39, 0.29) is 11.4 Å². The molecule has 0 saturated carbocycles. The van der Waals surface area contributed by atoms with E-state index < -0.39 is 0 Å². The number of fused-ring (bicyclic) bond motifs is 1. The van der Waals surface area contributed by atoms with Gasteiger partial charge in [0.15, 0.2) is 5.65 Å². The first-order valence-corrected chi connectivity index (χ1v) is 9.46. The van der Waals surface area contributed by atoms with Crippen LogP contribution in [-0.2, 0) is 22.5 Å². The SMILES string of the molecule is CCOC(=O)CC(C)(C)Cc1nc2ncccc2n1Cc1ccc(Cl)cc1. The number of hydrogen-bond acceptors (Lipinski definition) is 4. The molecule has 0 N–H and O–H groups in total. The minimum atomic E-state index is -0.272. The number of benzene rings is 1. The number of ether oxygens (including phenoxy) is 1. The Morgan fingerprint density at radius 3 is 2.67 bits per heavy atom. The van der Waals surface area contributed by atoms with Crippen molar-refractivity contribution in [3.63, 3.8) is 0 Å². The van der Waals surface area contributed by atoms with E-state index >= 15 is 0 Å². The number of carbonyl (C=O) groups is 1. The maximum atomic E-state index is 12.0. The number of esters is 1. The second kappa shape index (κ2) is 8.09. The Labute approximate surface area is 164 Å². The molecule has 3 rings (SSSR count). The van der Waals surface area contributed by atoms with Gasteiger partial charge in [-0.1, -0.05) is 37.6 Å². The summed E-state index contributed by atoms with van der Waals surface area (Å²) >= 11 is 6.01. The van der Waals surface area contributed by atoms with Crippen LogP contribution in [-0.4, -0.2) is 27.1 Å². The number of nitrogens with zero attached hydrogens (tertiary/aromatic N) is 3. The van der Waals surface area contributed by atoms with E-state index in [0.29, 0.717) is 36.7 Å². The van der Waals surface area contributed by atoms with Gasteiger partial charge in [-0.05, 0) is 42.2 Å². The van der Waals surface area contributed by atoms with Gasteiger partial charge in [-0.15, -0.1) is 0 Å². The highest BCUT2D eigenvalue weighted by Crippen LogP contribution is 2.28. The van der Waals surface area contributed by atoms with E-state index in [2.05, 4.69) is 23.4 Å². The van der Waals surface area contributed by atoms with Gasteiger partial charge in [-0.3, -0.25) is 4.79 Å². The molecular formula is C21H24ClN3O2. The zero-order chi connectivity index (χ0) is 19.4. The van der Waals surface area contributed by atoms with E-state index in [1.54, 1.807) is 6.20 Å². The lowest BCUT2D eigenvalue weighted by molar-refractivity contribution is -0.145. The van der Waals surface area contributed by atoms with Crippen molar-refractivity contribution < 1.29 is 9.53 Å². The maximum Gasteiger partial charge on any atom is 0.306 e. The van der Waals surface area contributed by atoms with E-state index in [0.717, 1.165) is 16.9 Å². The molecule has 0 unspecified atom stereocenters. The Hall–Kier alpha value is -2.40. The van der Waals surface area contributed by atoms with Gasteiger partial charge in [-0.25, -0.2) is 9.97 Å². The van der Waals surface area contributed by atoms with E-state index in [1.165, 1.54) is 0 Å². The van der Waals surface area contributed by atoms with Gasteiger partial charge < -0.3 is 9.30 Å². The Kier molecular flexibility index (Phi) is 5.80. The zero-order valence-electron chi connectivity index (χ0n) is 15.9. The lowest BCUT2D eigenvalue weighted by Crippen LogP contribution is -2.23. The third-order valence-corrected chi connectivity index (χ3v) is 4.67. The second-order valence-electron chi connectivity index (χ2n) is 7.41. The molecule has 0 saturated heterocycles. The summed E-state index contributed by atoms with van der Waals surface area (Å²) in [5.74, 6) is 0.730. The highest BCUT2D eigenvalue weighted by Gasteiger charge is 2.26. The molecule has 0 bridgehead atoms. The molecule has 5 nitrogen and oxygen atoms in total. The van der Waals surface area contributed by atoms with Crippen LogP contribution in [0.1, 0.15) is 38.6 Å². The van der Waals surface area contributed by atoms with Gasteiger partial charge in [0.05, 0.1) is 18.5 Å². The van der Waals surface area contributed by atoms with E-state index in [9.17, 15) is 4.79 Å². The molecule has 0 spiro atoms. The average molecular weight is 386 g/mol. The number of aromatic nitrogens is 3. The van der Waals surface area contributed by atoms with Gasteiger partial charge in [0, 0.05) is 24.2 Å². The molecule has 0 aliphatic rings. The number of pyridine rings is 1. The molecule has 2 heterocycles. The normalized spacial score (nSPS) is 11.7.